The molecule has 1 heterocycles. The Balaban J connectivity index is 2.35. The van der Waals surface area contributed by atoms with Gasteiger partial charge in [-0.25, -0.2) is 4.57 Å². The molecule has 0 aliphatic heterocycles. The summed E-state index contributed by atoms with van der Waals surface area (Å²) in [4.78, 5) is 30.6. The zero-order valence-electron chi connectivity index (χ0n) is 11.9. The highest BCUT2D eigenvalue weighted by molar-refractivity contribution is 7.46. The van der Waals surface area contributed by atoms with Gasteiger partial charge in [-0.2, -0.15) is 0 Å². The maximum atomic E-state index is 12.5. The van der Waals surface area contributed by atoms with Crippen molar-refractivity contribution in [2.75, 3.05) is 0 Å². The van der Waals surface area contributed by atoms with E-state index in [1.807, 2.05) is 0 Å². The number of phosphoric ester groups is 1. The van der Waals surface area contributed by atoms with Crippen LogP contribution in [0.1, 0.15) is 0 Å². The summed E-state index contributed by atoms with van der Waals surface area (Å²) in [5, 5.41) is 19.1. The monoisotopic (exact) mass is 350 g/mol. The van der Waals surface area contributed by atoms with Gasteiger partial charge in [0.1, 0.15) is 5.58 Å². The van der Waals surface area contributed by atoms with Crippen LogP contribution >= 0.6 is 7.82 Å². The second-order valence-electron chi connectivity index (χ2n) is 4.87. The van der Waals surface area contributed by atoms with E-state index in [0.29, 0.717) is 0 Å². The quantitative estimate of drug-likeness (QED) is 0.417. The molecule has 3 aromatic rings. The van der Waals surface area contributed by atoms with E-state index in [2.05, 4.69) is 4.52 Å². The van der Waals surface area contributed by atoms with Crippen molar-refractivity contribution in [1.29, 1.82) is 0 Å². The second-order valence-corrected chi connectivity index (χ2v) is 6.03. The third kappa shape index (κ3) is 2.98. The van der Waals surface area contributed by atoms with Crippen molar-refractivity contribution in [2.24, 2.45) is 0 Å². The molecule has 9 heteroatoms. The van der Waals surface area contributed by atoms with Crippen LogP contribution < -0.4 is 9.95 Å². The van der Waals surface area contributed by atoms with Crippen LogP contribution in [0, 0.1) is 0 Å². The molecule has 1 aromatic heterocycles. The average molecular weight is 350 g/mol. The van der Waals surface area contributed by atoms with E-state index >= 15 is 0 Å². The molecule has 8 nitrogen and oxygen atoms in total. The minimum absolute atomic E-state index is 0.0766. The van der Waals surface area contributed by atoms with Crippen LogP contribution in [0.3, 0.4) is 0 Å². The third-order valence-electron chi connectivity index (χ3n) is 3.20. The summed E-state index contributed by atoms with van der Waals surface area (Å²) in [5.74, 6) is -1.87. The Kier molecular flexibility index (Phi) is 3.81. The van der Waals surface area contributed by atoms with E-state index in [-0.39, 0.29) is 22.3 Å². The predicted molar refractivity (Wildman–Crippen MR) is 83.9 cm³/mol. The number of phenolic OH excluding ortho intramolecular Hbond substituents is 2. The molecule has 0 saturated heterocycles. The van der Waals surface area contributed by atoms with Gasteiger partial charge in [0.2, 0.25) is 11.2 Å². The van der Waals surface area contributed by atoms with Crippen LogP contribution in [0.2, 0.25) is 0 Å². The van der Waals surface area contributed by atoms with Gasteiger partial charge in [-0.1, -0.05) is 12.1 Å². The SMILES string of the molecule is O=c1c(OP(=O)(O)O)c(-c2ccc(O)c(O)c2)oc2ccccc12. The van der Waals surface area contributed by atoms with Crippen LogP contribution in [-0.2, 0) is 4.57 Å². The second kappa shape index (κ2) is 5.68. The molecule has 0 fully saturated rings. The highest BCUT2D eigenvalue weighted by Crippen LogP contribution is 2.42. The van der Waals surface area contributed by atoms with Crippen molar-refractivity contribution in [3.8, 4) is 28.6 Å². The molecule has 2 aromatic carbocycles. The van der Waals surface area contributed by atoms with Crippen molar-refractivity contribution < 1.29 is 33.5 Å². The Morgan fingerprint density at radius 1 is 1.00 bits per heavy atom. The molecule has 0 aliphatic rings. The Morgan fingerprint density at radius 3 is 2.38 bits per heavy atom. The molecule has 0 bridgehead atoms. The molecule has 0 amide bonds. The van der Waals surface area contributed by atoms with E-state index in [1.165, 1.54) is 18.2 Å². The lowest BCUT2D eigenvalue weighted by molar-refractivity contribution is 0.280. The zero-order valence-corrected chi connectivity index (χ0v) is 12.8. The number of phosphoric acid groups is 1. The van der Waals surface area contributed by atoms with Gasteiger partial charge >= 0.3 is 7.82 Å². The molecule has 0 unspecified atom stereocenters. The Morgan fingerprint density at radius 2 is 1.71 bits per heavy atom. The molecule has 0 atom stereocenters. The van der Waals surface area contributed by atoms with Crippen molar-refractivity contribution in [2.45, 2.75) is 0 Å². The van der Waals surface area contributed by atoms with Crippen LogP contribution in [0.25, 0.3) is 22.3 Å². The summed E-state index contributed by atoms with van der Waals surface area (Å²) in [5.41, 5.74) is -0.512. The van der Waals surface area contributed by atoms with E-state index in [4.69, 9.17) is 14.2 Å². The summed E-state index contributed by atoms with van der Waals surface area (Å²) >= 11 is 0. The number of phenols is 2. The molecular formula is C15H11O8P. The fraction of sp³-hybridized carbons (Fsp3) is 0. The lowest BCUT2D eigenvalue weighted by atomic mass is 10.1. The minimum Gasteiger partial charge on any atom is -0.504 e. The van der Waals surface area contributed by atoms with Gasteiger partial charge in [0, 0.05) is 5.56 Å². The van der Waals surface area contributed by atoms with Gasteiger partial charge < -0.3 is 19.2 Å². The van der Waals surface area contributed by atoms with Crippen molar-refractivity contribution >= 4 is 18.8 Å². The molecule has 0 radical (unpaired) electrons. The Labute approximate surface area is 134 Å². The number of benzene rings is 2. The van der Waals surface area contributed by atoms with Gasteiger partial charge in [-0.3, -0.25) is 14.6 Å². The zero-order chi connectivity index (χ0) is 17.5. The van der Waals surface area contributed by atoms with Crippen LogP contribution in [0.5, 0.6) is 17.2 Å². The third-order valence-corrected chi connectivity index (χ3v) is 3.62. The Hall–Kier alpha value is -2.80. The first-order valence-electron chi connectivity index (χ1n) is 6.59. The van der Waals surface area contributed by atoms with Crippen LogP contribution in [0.15, 0.2) is 51.7 Å². The largest absolute Gasteiger partial charge is 0.525 e. The van der Waals surface area contributed by atoms with Gasteiger partial charge in [0.05, 0.1) is 5.39 Å². The van der Waals surface area contributed by atoms with Crippen LogP contribution in [-0.4, -0.2) is 20.0 Å². The molecule has 0 spiro atoms. The van der Waals surface area contributed by atoms with E-state index < -0.39 is 30.5 Å². The smallest absolute Gasteiger partial charge is 0.504 e. The minimum atomic E-state index is -5.03. The van der Waals surface area contributed by atoms with E-state index in [9.17, 15) is 19.6 Å². The molecule has 0 saturated carbocycles. The van der Waals surface area contributed by atoms with Crippen molar-refractivity contribution in [3.05, 3.63) is 52.7 Å². The first-order chi connectivity index (χ1) is 11.3. The number of para-hydroxylation sites is 1. The normalized spacial score (nSPS) is 11.6. The van der Waals surface area contributed by atoms with Crippen molar-refractivity contribution in [3.63, 3.8) is 0 Å². The number of rotatable bonds is 3. The maximum absolute atomic E-state index is 12.5. The van der Waals surface area contributed by atoms with Gasteiger partial charge in [-0.05, 0) is 30.3 Å². The summed E-state index contributed by atoms with van der Waals surface area (Å²) in [6, 6.07) is 9.62. The summed E-state index contributed by atoms with van der Waals surface area (Å²) in [7, 11) is -5.03. The van der Waals surface area contributed by atoms with Gasteiger partial charge in [0.15, 0.2) is 17.3 Å². The summed E-state index contributed by atoms with van der Waals surface area (Å²) in [6.45, 7) is 0. The first kappa shape index (κ1) is 16.1. The molecule has 4 N–H and O–H groups in total. The fourth-order valence-corrected chi connectivity index (χ4v) is 2.59. The van der Waals surface area contributed by atoms with E-state index in [1.54, 1.807) is 12.1 Å². The lowest BCUT2D eigenvalue weighted by Crippen LogP contribution is -2.08. The Bertz CT molecular complexity index is 1030. The standard InChI is InChI=1S/C15H11O8P/c16-10-6-5-8(7-11(10)17)14-15(23-24(19,20)21)13(18)9-3-1-2-4-12(9)22-14/h1-7,16-17H,(H2,19,20,21). The van der Waals surface area contributed by atoms with E-state index in [0.717, 1.165) is 12.1 Å². The number of hydrogen-bond acceptors (Lipinski definition) is 6. The number of fused-ring (bicyclic) bond motifs is 1. The molecular weight excluding hydrogens is 339 g/mol. The van der Waals surface area contributed by atoms with Crippen molar-refractivity contribution in [1.82, 2.24) is 0 Å². The number of hydrogen-bond donors (Lipinski definition) is 4. The highest BCUT2D eigenvalue weighted by atomic mass is 31.2. The number of aromatic hydroxyl groups is 2. The van der Waals surface area contributed by atoms with Gasteiger partial charge in [0.25, 0.3) is 0 Å². The fourth-order valence-electron chi connectivity index (χ4n) is 2.18. The summed E-state index contributed by atoms with van der Waals surface area (Å²) in [6.07, 6.45) is 0. The van der Waals surface area contributed by atoms with Crippen LogP contribution in [0.4, 0.5) is 0 Å². The maximum Gasteiger partial charge on any atom is 0.525 e. The molecule has 124 valence electrons. The molecule has 0 aliphatic carbocycles. The highest BCUT2D eigenvalue weighted by Gasteiger charge is 2.25. The lowest BCUT2D eigenvalue weighted by Gasteiger charge is -2.12. The molecule has 3 rings (SSSR count). The van der Waals surface area contributed by atoms with Gasteiger partial charge in [-0.15, -0.1) is 0 Å². The first-order valence-corrected chi connectivity index (χ1v) is 8.12. The predicted octanol–water partition coefficient (Wildman–Crippen LogP) is 2.34. The molecule has 24 heavy (non-hydrogen) atoms. The topological polar surface area (TPSA) is 137 Å². The summed E-state index contributed by atoms with van der Waals surface area (Å²) < 4.78 is 21.2. The average Bonchev–Trinajstić information content (AvgIpc) is 2.52.